The van der Waals surface area contributed by atoms with Crippen molar-refractivity contribution in [2.45, 2.75) is 31.0 Å². The van der Waals surface area contributed by atoms with Crippen molar-refractivity contribution in [3.63, 3.8) is 0 Å². The van der Waals surface area contributed by atoms with Gasteiger partial charge in [-0.1, -0.05) is 66.8 Å². The lowest BCUT2D eigenvalue weighted by Gasteiger charge is -1.99. The van der Waals surface area contributed by atoms with Crippen LogP contribution in [-0.4, -0.2) is 26.8 Å². The number of nitrogens with zero attached hydrogens (tertiary/aromatic N) is 3. The monoisotopic (exact) mass is 390 g/mol. The van der Waals surface area contributed by atoms with Crippen molar-refractivity contribution in [2.75, 3.05) is 11.1 Å². The lowest BCUT2D eigenvalue weighted by Crippen LogP contribution is -2.13. The minimum absolute atomic E-state index is 0.0939. The largest absolute Gasteiger partial charge is 0.300 e. The van der Waals surface area contributed by atoms with Crippen molar-refractivity contribution in [3.05, 3.63) is 40.2 Å². The van der Waals surface area contributed by atoms with Crippen molar-refractivity contribution < 1.29 is 4.79 Å². The number of hydrogen-bond acceptors (Lipinski definition) is 7. The number of carbonyl (C=O) groups is 1. The fourth-order valence-corrected chi connectivity index (χ4v) is 4.38. The highest BCUT2D eigenvalue weighted by Gasteiger charge is 2.12. The van der Waals surface area contributed by atoms with Crippen molar-refractivity contribution in [1.82, 2.24) is 15.2 Å². The normalized spacial score (nSPS) is 11.0. The molecule has 1 N–H and O–H groups in total. The molecule has 2 heterocycles. The quantitative estimate of drug-likeness (QED) is 0.611. The molecule has 0 aliphatic carbocycles. The van der Waals surface area contributed by atoms with Crippen LogP contribution in [0.1, 0.15) is 30.3 Å². The van der Waals surface area contributed by atoms with Crippen LogP contribution in [0.2, 0.25) is 0 Å². The van der Waals surface area contributed by atoms with Crippen LogP contribution in [0.15, 0.2) is 34.0 Å². The van der Waals surface area contributed by atoms with Crippen LogP contribution in [0.25, 0.3) is 11.3 Å². The van der Waals surface area contributed by atoms with Crippen LogP contribution in [-0.2, 0) is 4.79 Å². The average Bonchev–Trinajstić information content (AvgIpc) is 3.23. The van der Waals surface area contributed by atoms with Gasteiger partial charge in [-0.25, -0.2) is 4.98 Å². The van der Waals surface area contributed by atoms with Gasteiger partial charge in [-0.2, -0.15) is 0 Å². The van der Waals surface area contributed by atoms with Crippen LogP contribution in [0.4, 0.5) is 5.13 Å². The molecule has 0 aliphatic rings. The topological polar surface area (TPSA) is 67.8 Å². The summed E-state index contributed by atoms with van der Waals surface area (Å²) in [6.45, 7) is 6.17. The van der Waals surface area contributed by atoms with Gasteiger partial charge in [-0.05, 0) is 6.92 Å². The molecule has 130 valence electrons. The van der Waals surface area contributed by atoms with E-state index in [0.717, 1.165) is 20.6 Å². The Bertz CT molecular complexity index is 855. The van der Waals surface area contributed by atoms with E-state index < -0.39 is 0 Å². The summed E-state index contributed by atoms with van der Waals surface area (Å²) in [4.78, 5) is 16.7. The van der Waals surface area contributed by atoms with Gasteiger partial charge in [-0.15, -0.1) is 21.5 Å². The number of benzene rings is 1. The number of aromatic nitrogens is 3. The van der Waals surface area contributed by atoms with E-state index in [0.29, 0.717) is 16.8 Å². The summed E-state index contributed by atoms with van der Waals surface area (Å²) in [6, 6.07) is 8.27. The number of thiazole rings is 1. The SMILES string of the molecule is Cc1ccc(-c2csc(SCC(=O)Nc3nnc(C(C)C)s3)n2)cc1. The maximum absolute atomic E-state index is 12.1. The molecule has 0 radical (unpaired) electrons. The molecular weight excluding hydrogens is 372 g/mol. The second-order valence-corrected chi connectivity index (χ2v) is 8.89. The van der Waals surface area contributed by atoms with E-state index in [4.69, 9.17) is 0 Å². The van der Waals surface area contributed by atoms with Crippen LogP contribution in [0, 0.1) is 6.92 Å². The Balaban J connectivity index is 1.54. The van der Waals surface area contributed by atoms with Crippen LogP contribution in [0.3, 0.4) is 0 Å². The van der Waals surface area contributed by atoms with Gasteiger partial charge >= 0.3 is 0 Å². The van der Waals surface area contributed by atoms with Gasteiger partial charge in [0.1, 0.15) is 5.01 Å². The summed E-state index contributed by atoms with van der Waals surface area (Å²) in [5.74, 6) is 0.522. The molecule has 0 spiro atoms. The summed E-state index contributed by atoms with van der Waals surface area (Å²) in [5.41, 5.74) is 3.26. The van der Waals surface area contributed by atoms with E-state index in [9.17, 15) is 4.79 Å². The van der Waals surface area contributed by atoms with Crippen molar-refractivity contribution in [3.8, 4) is 11.3 Å². The third-order valence-corrected chi connectivity index (χ3v) is 6.50. The van der Waals surface area contributed by atoms with E-state index in [2.05, 4.69) is 65.5 Å². The van der Waals surface area contributed by atoms with Crippen molar-refractivity contribution in [1.29, 1.82) is 0 Å². The average molecular weight is 391 g/mol. The number of nitrogens with one attached hydrogen (secondary N) is 1. The molecule has 3 rings (SSSR count). The van der Waals surface area contributed by atoms with Crippen molar-refractivity contribution >= 4 is 45.5 Å². The first-order chi connectivity index (χ1) is 12.0. The highest BCUT2D eigenvalue weighted by molar-refractivity contribution is 8.01. The van der Waals surface area contributed by atoms with Gasteiger partial charge in [0.15, 0.2) is 4.34 Å². The number of anilines is 1. The Morgan fingerprint density at radius 2 is 2.00 bits per heavy atom. The maximum Gasteiger partial charge on any atom is 0.236 e. The molecule has 1 aromatic carbocycles. The Hall–Kier alpha value is -1.77. The van der Waals surface area contributed by atoms with Gasteiger partial charge < -0.3 is 0 Å². The molecule has 2 aromatic heterocycles. The zero-order chi connectivity index (χ0) is 17.8. The van der Waals surface area contributed by atoms with E-state index in [1.165, 1.54) is 28.7 Å². The Morgan fingerprint density at radius 1 is 1.24 bits per heavy atom. The smallest absolute Gasteiger partial charge is 0.236 e. The second-order valence-electron chi connectivity index (χ2n) is 5.80. The molecular formula is C17H18N4OS3. The summed E-state index contributed by atoms with van der Waals surface area (Å²) in [6.07, 6.45) is 0. The number of rotatable bonds is 6. The predicted octanol–water partition coefficient (Wildman–Crippen LogP) is 4.82. The minimum Gasteiger partial charge on any atom is -0.300 e. The Kier molecular flexibility index (Phi) is 5.82. The molecule has 25 heavy (non-hydrogen) atoms. The Labute approximate surface area is 158 Å². The molecule has 0 saturated carbocycles. The third kappa shape index (κ3) is 4.87. The fraction of sp³-hybridized carbons (Fsp3) is 0.294. The van der Waals surface area contributed by atoms with Gasteiger partial charge in [-0.3, -0.25) is 10.1 Å². The van der Waals surface area contributed by atoms with Gasteiger partial charge in [0.25, 0.3) is 0 Å². The highest BCUT2D eigenvalue weighted by Crippen LogP contribution is 2.29. The second kappa shape index (κ2) is 8.07. The molecule has 5 nitrogen and oxygen atoms in total. The lowest BCUT2D eigenvalue weighted by molar-refractivity contribution is -0.113. The van der Waals surface area contributed by atoms with Gasteiger partial charge in [0.2, 0.25) is 11.0 Å². The fourth-order valence-electron chi connectivity index (χ4n) is 1.98. The molecule has 0 aliphatic heterocycles. The molecule has 0 unspecified atom stereocenters. The summed E-state index contributed by atoms with van der Waals surface area (Å²) in [7, 11) is 0. The van der Waals surface area contributed by atoms with E-state index in [1.807, 2.05) is 5.38 Å². The first kappa shape index (κ1) is 18.0. The third-order valence-electron chi connectivity index (χ3n) is 3.34. The molecule has 0 bridgehead atoms. The van der Waals surface area contributed by atoms with E-state index >= 15 is 0 Å². The molecule has 1 amide bonds. The van der Waals surface area contributed by atoms with Crippen LogP contribution >= 0.6 is 34.4 Å². The standard InChI is InChI=1S/C17H18N4OS3/c1-10(2)15-20-21-16(25-15)19-14(22)9-24-17-18-13(8-23-17)12-6-4-11(3)5-7-12/h4-8,10H,9H2,1-3H3,(H,19,21,22). The number of amides is 1. The molecule has 0 fully saturated rings. The van der Waals surface area contributed by atoms with Crippen LogP contribution in [0.5, 0.6) is 0 Å². The summed E-state index contributed by atoms with van der Waals surface area (Å²) < 4.78 is 0.880. The zero-order valence-corrected chi connectivity index (χ0v) is 16.6. The predicted molar refractivity (Wildman–Crippen MR) is 106 cm³/mol. The number of carbonyl (C=O) groups excluding carboxylic acids is 1. The molecule has 0 saturated heterocycles. The van der Waals surface area contributed by atoms with Crippen molar-refractivity contribution in [2.24, 2.45) is 0 Å². The first-order valence-corrected chi connectivity index (χ1v) is 10.5. The zero-order valence-electron chi connectivity index (χ0n) is 14.1. The first-order valence-electron chi connectivity index (χ1n) is 7.80. The Morgan fingerprint density at radius 3 is 2.68 bits per heavy atom. The van der Waals surface area contributed by atoms with E-state index in [-0.39, 0.29) is 5.91 Å². The molecule has 0 atom stereocenters. The number of hydrogen-bond donors (Lipinski definition) is 1. The summed E-state index contributed by atoms with van der Waals surface area (Å²) in [5, 5.41) is 14.3. The molecule has 3 aromatic rings. The van der Waals surface area contributed by atoms with E-state index in [1.54, 1.807) is 11.3 Å². The highest BCUT2D eigenvalue weighted by atomic mass is 32.2. The lowest BCUT2D eigenvalue weighted by atomic mass is 10.1. The maximum atomic E-state index is 12.1. The van der Waals surface area contributed by atoms with Gasteiger partial charge in [0, 0.05) is 16.9 Å². The number of thioether (sulfide) groups is 1. The molecule has 8 heteroatoms. The van der Waals surface area contributed by atoms with Gasteiger partial charge in [0.05, 0.1) is 11.4 Å². The number of aryl methyl sites for hydroxylation is 1. The summed E-state index contributed by atoms with van der Waals surface area (Å²) >= 11 is 4.40. The minimum atomic E-state index is -0.0939. The van der Waals surface area contributed by atoms with Crippen LogP contribution < -0.4 is 5.32 Å².